The summed E-state index contributed by atoms with van der Waals surface area (Å²) in [5, 5.41) is 20.1. The van der Waals surface area contributed by atoms with Gasteiger partial charge < -0.3 is 5.32 Å². The maximum absolute atomic E-state index is 8.74. The number of rotatable bonds is 3. The second-order valence-corrected chi connectivity index (χ2v) is 4.33. The van der Waals surface area contributed by atoms with E-state index < -0.39 is 0 Å². The van der Waals surface area contributed by atoms with E-state index in [0.29, 0.717) is 5.56 Å². The van der Waals surface area contributed by atoms with Gasteiger partial charge in [0.05, 0.1) is 23.3 Å². The van der Waals surface area contributed by atoms with Crippen LogP contribution in [0.3, 0.4) is 0 Å². The molecule has 2 aromatic carbocycles. The molecule has 0 radical (unpaired) electrons. The van der Waals surface area contributed by atoms with Gasteiger partial charge in [-0.15, -0.1) is 0 Å². The number of nitriles is 1. The number of hydrogen-bond donors (Lipinski definition) is 2. The molecule has 0 amide bonds. The number of benzene rings is 2. The van der Waals surface area contributed by atoms with E-state index >= 15 is 0 Å². The molecular formula is C15H12N4. The van der Waals surface area contributed by atoms with E-state index in [2.05, 4.69) is 27.6 Å². The van der Waals surface area contributed by atoms with Crippen molar-refractivity contribution in [2.24, 2.45) is 0 Å². The van der Waals surface area contributed by atoms with Gasteiger partial charge in [0.25, 0.3) is 0 Å². The molecule has 0 aliphatic heterocycles. The molecule has 0 fully saturated rings. The maximum atomic E-state index is 8.74. The second-order valence-electron chi connectivity index (χ2n) is 4.33. The van der Waals surface area contributed by atoms with Crippen molar-refractivity contribution in [3.63, 3.8) is 0 Å². The first-order valence-corrected chi connectivity index (χ1v) is 6.01. The van der Waals surface area contributed by atoms with E-state index in [4.69, 9.17) is 5.26 Å². The lowest BCUT2D eigenvalue weighted by molar-refractivity contribution is 1.12. The Morgan fingerprint density at radius 2 is 2.00 bits per heavy atom. The average molecular weight is 248 g/mol. The number of anilines is 1. The molecule has 4 nitrogen and oxygen atoms in total. The molecule has 0 aliphatic carbocycles. The highest BCUT2D eigenvalue weighted by Gasteiger charge is 1.98. The molecule has 0 bridgehead atoms. The Balaban J connectivity index is 1.72. The standard InChI is InChI=1S/C15H12N4/c16-8-11-1-3-12(4-2-11)9-17-14-5-6-15-13(7-14)10-18-19-15/h1-7,10,17H,9H2,(H,18,19). The summed E-state index contributed by atoms with van der Waals surface area (Å²) < 4.78 is 0. The third kappa shape index (κ3) is 2.40. The number of nitrogens with one attached hydrogen (secondary N) is 2. The van der Waals surface area contributed by atoms with Gasteiger partial charge in [-0.05, 0) is 35.9 Å². The molecule has 4 heteroatoms. The van der Waals surface area contributed by atoms with Crippen LogP contribution in [-0.4, -0.2) is 10.2 Å². The minimum absolute atomic E-state index is 0.684. The number of aromatic amines is 1. The van der Waals surface area contributed by atoms with Gasteiger partial charge in [0.1, 0.15) is 0 Å². The third-order valence-corrected chi connectivity index (χ3v) is 3.02. The summed E-state index contributed by atoms with van der Waals surface area (Å²) in [6.45, 7) is 0.731. The summed E-state index contributed by atoms with van der Waals surface area (Å²) >= 11 is 0. The largest absolute Gasteiger partial charge is 0.381 e. The van der Waals surface area contributed by atoms with E-state index in [1.807, 2.05) is 42.6 Å². The van der Waals surface area contributed by atoms with Crippen LogP contribution in [-0.2, 0) is 6.54 Å². The monoisotopic (exact) mass is 248 g/mol. The quantitative estimate of drug-likeness (QED) is 0.748. The first-order valence-electron chi connectivity index (χ1n) is 6.01. The highest BCUT2D eigenvalue weighted by Crippen LogP contribution is 2.17. The molecule has 2 N–H and O–H groups in total. The van der Waals surface area contributed by atoms with Crippen LogP contribution in [0.2, 0.25) is 0 Å². The molecule has 92 valence electrons. The zero-order valence-electron chi connectivity index (χ0n) is 10.2. The molecule has 3 rings (SSSR count). The predicted molar refractivity (Wildman–Crippen MR) is 74.6 cm³/mol. The molecule has 3 aromatic rings. The first-order chi connectivity index (χ1) is 9.35. The highest BCUT2D eigenvalue weighted by atomic mass is 15.1. The van der Waals surface area contributed by atoms with Crippen molar-refractivity contribution in [3.05, 3.63) is 59.8 Å². The van der Waals surface area contributed by atoms with Crippen LogP contribution in [0, 0.1) is 11.3 Å². The highest BCUT2D eigenvalue weighted by molar-refractivity contribution is 5.81. The van der Waals surface area contributed by atoms with Crippen molar-refractivity contribution in [2.45, 2.75) is 6.54 Å². The zero-order valence-corrected chi connectivity index (χ0v) is 10.2. The van der Waals surface area contributed by atoms with Crippen molar-refractivity contribution in [2.75, 3.05) is 5.32 Å². The lowest BCUT2D eigenvalue weighted by atomic mass is 10.1. The molecule has 1 aromatic heterocycles. The summed E-state index contributed by atoms with van der Waals surface area (Å²) in [7, 11) is 0. The fourth-order valence-corrected chi connectivity index (χ4v) is 1.95. The summed E-state index contributed by atoms with van der Waals surface area (Å²) in [5.41, 5.74) is 3.91. The summed E-state index contributed by atoms with van der Waals surface area (Å²) in [5.74, 6) is 0. The minimum atomic E-state index is 0.684. The van der Waals surface area contributed by atoms with Crippen LogP contribution < -0.4 is 5.32 Å². The van der Waals surface area contributed by atoms with E-state index in [-0.39, 0.29) is 0 Å². The first kappa shape index (κ1) is 11.3. The number of aromatic nitrogens is 2. The molecule has 0 aliphatic rings. The van der Waals surface area contributed by atoms with Crippen molar-refractivity contribution in [3.8, 4) is 6.07 Å². The van der Waals surface area contributed by atoms with E-state index in [0.717, 1.165) is 28.7 Å². The lowest BCUT2D eigenvalue weighted by Gasteiger charge is -2.06. The molecular weight excluding hydrogens is 236 g/mol. The Morgan fingerprint density at radius 1 is 1.16 bits per heavy atom. The van der Waals surface area contributed by atoms with Gasteiger partial charge in [-0.3, -0.25) is 5.10 Å². The SMILES string of the molecule is N#Cc1ccc(CNc2ccc3[nH]ncc3c2)cc1. The average Bonchev–Trinajstić information content (AvgIpc) is 2.93. The Kier molecular flexibility index (Phi) is 2.87. The fraction of sp³-hybridized carbons (Fsp3) is 0.0667. The van der Waals surface area contributed by atoms with Crippen LogP contribution in [0.15, 0.2) is 48.7 Å². The maximum Gasteiger partial charge on any atom is 0.0991 e. The molecule has 0 spiro atoms. The van der Waals surface area contributed by atoms with Crippen LogP contribution in [0.1, 0.15) is 11.1 Å². The van der Waals surface area contributed by atoms with Gasteiger partial charge in [-0.1, -0.05) is 12.1 Å². The topological polar surface area (TPSA) is 64.5 Å². The van der Waals surface area contributed by atoms with Gasteiger partial charge in [0.2, 0.25) is 0 Å². The number of nitrogens with zero attached hydrogens (tertiary/aromatic N) is 2. The van der Waals surface area contributed by atoms with Crippen molar-refractivity contribution < 1.29 is 0 Å². The lowest BCUT2D eigenvalue weighted by Crippen LogP contribution is -1.98. The minimum Gasteiger partial charge on any atom is -0.381 e. The third-order valence-electron chi connectivity index (χ3n) is 3.02. The summed E-state index contributed by atoms with van der Waals surface area (Å²) in [4.78, 5) is 0. The van der Waals surface area contributed by atoms with Crippen molar-refractivity contribution in [1.82, 2.24) is 10.2 Å². The molecule has 0 atom stereocenters. The Labute approximate surface area is 110 Å². The summed E-state index contributed by atoms with van der Waals surface area (Å²) in [6.07, 6.45) is 1.81. The van der Waals surface area contributed by atoms with Gasteiger partial charge in [0.15, 0.2) is 0 Å². The van der Waals surface area contributed by atoms with Crippen LogP contribution in [0.25, 0.3) is 10.9 Å². The Hall–Kier alpha value is -2.80. The van der Waals surface area contributed by atoms with E-state index in [1.54, 1.807) is 0 Å². The zero-order chi connectivity index (χ0) is 13.1. The number of fused-ring (bicyclic) bond motifs is 1. The second kappa shape index (κ2) is 4.83. The number of hydrogen-bond acceptors (Lipinski definition) is 3. The predicted octanol–water partition coefficient (Wildman–Crippen LogP) is 3.05. The molecule has 0 saturated carbocycles. The normalized spacial score (nSPS) is 10.3. The fourth-order valence-electron chi connectivity index (χ4n) is 1.95. The Morgan fingerprint density at radius 3 is 2.79 bits per heavy atom. The smallest absolute Gasteiger partial charge is 0.0991 e. The van der Waals surface area contributed by atoms with Crippen LogP contribution >= 0.6 is 0 Å². The molecule has 19 heavy (non-hydrogen) atoms. The molecule has 1 heterocycles. The molecule has 0 saturated heterocycles. The molecule has 0 unspecified atom stereocenters. The Bertz CT molecular complexity index is 735. The van der Waals surface area contributed by atoms with Crippen molar-refractivity contribution in [1.29, 1.82) is 5.26 Å². The van der Waals surface area contributed by atoms with Gasteiger partial charge in [0, 0.05) is 17.6 Å². The summed E-state index contributed by atoms with van der Waals surface area (Å²) in [6, 6.07) is 15.8. The van der Waals surface area contributed by atoms with Crippen LogP contribution in [0.4, 0.5) is 5.69 Å². The number of H-pyrrole nitrogens is 1. The van der Waals surface area contributed by atoms with Gasteiger partial charge in [-0.2, -0.15) is 10.4 Å². The van der Waals surface area contributed by atoms with Crippen molar-refractivity contribution >= 4 is 16.6 Å². The van der Waals surface area contributed by atoms with E-state index in [1.165, 1.54) is 0 Å². The van der Waals surface area contributed by atoms with E-state index in [9.17, 15) is 0 Å². The van der Waals surface area contributed by atoms with Gasteiger partial charge in [-0.25, -0.2) is 0 Å². The van der Waals surface area contributed by atoms with Gasteiger partial charge >= 0.3 is 0 Å². The van der Waals surface area contributed by atoms with Crippen LogP contribution in [0.5, 0.6) is 0 Å².